The van der Waals surface area contributed by atoms with E-state index in [9.17, 15) is 31.9 Å². The molecule has 3 amide bonds. The zero-order valence-electron chi connectivity index (χ0n) is 73.3. The van der Waals surface area contributed by atoms with Crippen molar-refractivity contribution in [1.29, 1.82) is 0 Å². The number of aromatic nitrogens is 20. The standard InChI is InChI=1S/C26H23FN6O4.C25H21FN6O3.C23H17FN6O3.C22H17FN6O2/c1-35-12-11-29-26(34)18-5-3-16(13-20(18)27)21-7-8-24-30-31-25(33(24)32-21)15-37-23-9-10-28-22-14-17(36-2)4-6-19(22)23;1-31(2)25(33)17-6-4-15(12-19(17)26)20-8-9-23-28-29-24(32(23)30-20)14-35-22-10-11-27-21-13-16(34-3)5-7-18(21)22;1-32-14-3-5-16-19(11-14)26-9-8-20(16)33-12-22-28-27-21-7-6-18(29-30(21)22)13-2-4-15(23(25)31)17(24)10-13;1-30-14-3-4-15-19(11-14)25-9-8-20(15)31-12-22-27-26-21-7-6-18(28-29(21)22)13-2-5-17(24)16(23)10-13/h3-10,13-14H,11-12,15H2,1-2H3,(H,29,34);4-13H,14H2,1-3H3;2-11H,12H2,1H3,(H2,25,31);2-11H,12,24H2,1H3. The third-order valence-corrected chi connectivity index (χ3v) is 21.2. The first-order valence-corrected chi connectivity index (χ1v) is 41.5. The lowest BCUT2D eigenvalue weighted by molar-refractivity contribution is 0.0822. The number of hydrogen-bond acceptors (Lipinski definition) is 29. The number of methoxy groups -OCH3 is 5. The van der Waals surface area contributed by atoms with Crippen LogP contribution in [0.3, 0.4) is 0 Å². The van der Waals surface area contributed by atoms with Gasteiger partial charge in [0.15, 0.2) is 45.9 Å². The number of primary amides is 1. The maximum atomic E-state index is 14.7. The summed E-state index contributed by atoms with van der Waals surface area (Å²) in [6.07, 6.45) is 6.64. The van der Waals surface area contributed by atoms with Crippen LogP contribution < -0.4 is 54.7 Å². The van der Waals surface area contributed by atoms with Crippen LogP contribution in [-0.4, -0.2) is 185 Å². The lowest BCUT2D eigenvalue weighted by Gasteiger charge is -2.12. The van der Waals surface area contributed by atoms with Gasteiger partial charge in [-0.1, -0.05) is 24.3 Å². The number of carbonyl (C=O) groups excluding carboxylic acids is 3. The fraction of sp³-hybridized carbons (Fsp3) is 0.135. The molecule has 0 aliphatic heterocycles. The minimum atomic E-state index is -0.831. The number of benzene rings is 8. The van der Waals surface area contributed by atoms with E-state index >= 15 is 0 Å². The van der Waals surface area contributed by atoms with E-state index in [2.05, 4.69) is 86.4 Å². The summed E-state index contributed by atoms with van der Waals surface area (Å²) in [7, 11) is 11.1. The second-order valence-electron chi connectivity index (χ2n) is 30.0. The van der Waals surface area contributed by atoms with Gasteiger partial charge >= 0.3 is 0 Å². The van der Waals surface area contributed by atoms with Crippen LogP contribution in [0, 0.1) is 23.3 Å². The number of hydrogen-bond donors (Lipinski definition) is 3. The number of nitrogen functional groups attached to an aromatic ring is 1. The van der Waals surface area contributed by atoms with Gasteiger partial charge in [0.05, 0.1) is 102 Å². The second kappa shape index (κ2) is 40.1. The number of rotatable bonds is 26. The maximum Gasteiger partial charge on any atom is 0.256 e. The number of anilines is 1. The largest absolute Gasteiger partial charge is 0.497 e. The highest BCUT2D eigenvalue weighted by Crippen LogP contribution is 2.35. The fourth-order valence-corrected chi connectivity index (χ4v) is 14.2. The van der Waals surface area contributed by atoms with Gasteiger partial charge in [-0.3, -0.25) is 34.3 Å². The molecule has 0 saturated carbocycles. The summed E-state index contributed by atoms with van der Waals surface area (Å²) in [5.74, 6) is 3.05. The second-order valence-corrected chi connectivity index (χ2v) is 30.0. The van der Waals surface area contributed by atoms with Gasteiger partial charge in [-0.15, -0.1) is 40.8 Å². The highest BCUT2D eigenvalue weighted by atomic mass is 19.1. The molecule has 20 aromatic rings. The van der Waals surface area contributed by atoms with Crippen molar-refractivity contribution in [1.82, 2.24) is 109 Å². The van der Waals surface area contributed by atoms with Crippen molar-refractivity contribution in [2.45, 2.75) is 26.4 Å². The van der Waals surface area contributed by atoms with Gasteiger partial charge in [-0.25, -0.2) is 17.6 Å². The smallest absolute Gasteiger partial charge is 0.256 e. The SMILES string of the molecule is COCCNC(=O)c1ccc(-c2ccc3nnc(COc4ccnc5cc(OC)ccc45)n3n2)cc1F.COc1ccc2c(OCc3nnc4ccc(-c5ccc(C(=O)N(C)C)c(F)c5)nn34)ccnc2c1.COc1ccc2c(OCc3nnc4ccc(-c5ccc(C(N)=O)c(F)c5)nn34)ccnc2c1.COc1ccc2c(OCc3nnc4ccc(-c5ccc(N)c(F)c5)nn34)ccnc2c1. The molecule has 8 aromatic carbocycles. The first kappa shape index (κ1) is 89.9. The Morgan fingerprint density at radius 3 is 0.941 bits per heavy atom. The van der Waals surface area contributed by atoms with Crippen molar-refractivity contribution >= 4 is 89.6 Å². The van der Waals surface area contributed by atoms with Crippen LogP contribution in [0.4, 0.5) is 23.2 Å². The molecule has 0 spiro atoms. The van der Waals surface area contributed by atoms with Gasteiger partial charge in [-0.05, 0) is 170 Å². The van der Waals surface area contributed by atoms with E-state index in [-0.39, 0.29) is 55.4 Å². The fourth-order valence-electron chi connectivity index (χ4n) is 14.2. The molecular formula is C96H78F4N24O12. The summed E-state index contributed by atoms with van der Waals surface area (Å²) < 4.78 is 114. The van der Waals surface area contributed by atoms with E-state index < -0.39 is 41.0 Å². The molecule has 12 heterocycles. The molecule has 5 N–H and O–H groups in total. The lowest BCUT2D eigenvalue weighted by atomic mass is 10.1. The van der Waals surface area contributed by atoms with Crippen molar-refractivity contribution in [2.75, 3.05) is 68.5 Å². The van der Waals surface area contributed by atoms with E-state index in [1.165, 1.54) is 65.1 Å². The number of nitrogens with two attached hydrogens (primary N) is 2. The van der Waals surface area contributed by atoms with Gasteiger partial charge in [0.2, 0.25) is 0 Å². The maximum absolute atomic E-state index is 14.7. The van der Waals surface area contributed by atoms with Crippen molar-refractivity contribution < 1.29 is 74.6 Å². The number of pyridine rings is 4. The van der Waals surface area contributed by atoms with Crippen molar-refractivity contribution in [3.8, 4) is 91.0 Å². The van der Waals surface area contributed by atoms with E-state index in [0.717, 1.165) is 49.4 Å². The molecule has 0 saturated heterocycles. The lowest BCUT2D eigenvalue weighted by Crippen LogP contribution is -2.27. The first-order valence-electron chi connectivity index (χ1n) is 41.5. The van der Waals surface area contributed by atoms with Crippen LogP contribution >= 0.6 is 0 Å². The summed E-state index contributed by atoms with van der Waals surface area (Å²) in [5, 5.41) is 57.4. The Balaban J connectivity index is 0.000000126. The topological polar surface area (TPSA) is 425 Å². The van der Waals surface area contributed by atoms with Gasteiger partial charge in [0.25, 0.3) is 17.7 Å². The van der Waals surface area contributed by atoms with Gasteiger partial charge < -0.3 is 64.3 Å². The van der Waals surface area contributed by atoms with E-state index in [4.69, 9.17) is 54.1 Å². The minimum Gasteiger partial charge on any atom is -0.497 e. The monoisotopic (exact) mass is 1830 g/mol. The molecule has 0 fully saturated rings. The molecule has 0 aliphatic carbocycles. The average molecular weight is 1840 g/mol. The van der Waals surface area contributed by atoms with Gasteiger partial charge in [0, 0.05) is 121 Å². The Kier molecular flexibility index (Phi) is 26.5. The molecule has 12 aromatic heterocycles. The van der Waals surface area contributed by atoms with Crippen LogP contribution in [-0.2, 0) is 31.2 Å². The normalized spacial score (nSPS) is 11.1. The number of nitrogens with one attached hydrogen (secondary N) is 1. The third kappa shape index (κ3) is 19.7. The van der Waals surface area contributed by atoms with E-state index in [1.54, 1.807) is 178 Å². The zero-order valence-corrected chi connectivity index (χ0v) is 73.3. The summed E-state index contributed by atoms with van der Waals surface area (Å²) in [4.78, 5) is 54.4. The molecule has 682 valence electrons. The Hall–Kier alpha value is -18.1. The van der Waals surface area contributed by atoms with E-state index in [0.29, 0.717) is 138 Å². The predicted molar refractivity (Wildman–Crippen MR) is 490 cm³/mol. The van der Waals surface area contributed by atoms with Crippen LogP contribution in [0.1, 0.15) is 54.4 Å². The highest BCUT2D eigenvalue weighted by Gasteiger charge is 2.23. The Morgan fingerprint density at radius 1 is 0.353 bits per heavy atom. The number of amides is 3. The quantitative estimate of drug-likeness (QED) is 0.0257. The average Bonchev–Trinajstić information content (AvgIpc) is 1.67. The molecule has 0 bridgehead atoms. The Bertz CT molecular complexity index is 7920. The molecule has 0 aliphatic rings. The summed E-state index contributed by atoms with van der Waals surface area (Å²) in [5.41, 5.74) is 19.8. The summed E-state index contributed by atoms with van der Waals surface area (Å²) in [6.45, 7) is 1.06. The highest BCUT2D eigenvalue weighted by molar-refractivity contribution is 5.96. The van der Waals surface area contributed by atoms with Crippen molar-refractivity contribution in [3.63, 3.8) is 0 Å². The van der Waals surface area contributed by atoms with Crippen molar-refractivity contribution in [3.05, 3.63) is 306 Å². The number of fused-ring (bicyclic) bond motifs is 8. The number of halogens is 4. The van der Waals surface area contributed by atoms with Crippen LogP contribution in [0.25, 0.3) is 111 Å². The minimum absolute atomic E-state index is 0.000381. The first-order chi connectivity index (χ1) is 66.2. The Labute approximate surface area is 768 Å². The van der Waals surface area contributed by atoms with Crippen LogP contribution in [0.2, 0.25) is 0 Å². The Morgan fingerprint density at radius 2 is 0.654 bits per heavy atom. The van der Waals surface area contributed by atoms with Crippen molar-refractivity contribution in [2.24, 2.45) is 5.73 Å². The third-order valence-electron chi connectivity index (χ3n) is 21.2. The molecule has 0 radical (unpaired) electrons. The molecule has 136 heavy (non-hydrogen) atoms. The van der Waals surface area contributed by atoms with Gasteiger partial charge in [0.1, 0.15) is 95.7 Å². The molecule has 0 atom stereocenters. The number of nitrogens with zero attached hydrogens (tertiary/aromatic N) is 21. The zero-order chi connectivity index (χ0) is 94.6. The molecule has 20 rings (SSSR count). The van der Waals surface area contributed by atoms with Crippen LogP contribution in [0.15, 0.2) is 243 Å². The number of carbonyl (C=O) groups is 3. The van der Waals surface area contributed by atoms with Crippen LogP contribution in [0.5, 0.6) is 46.0 Å². The molecular weight excluding hydrogens is 1760 g/mol. The summed E-state index contributed by atoms with van der Waals surface area (Å²) in [6, 6.07) is 60.6. The molecule has 36 nitrogen and oxygen atoms in total. The molecule has 0 unspecified atom stereocenters. The van der Waals surface area contributed by atoms with Gasteiger partial charge in [-0.2, -0.15) is 38.5 Å². The molecule has 40 heteroatoms. The summed E-state index contributed by atoms with van der Waals surface area (Å²) >= 11 is 0. The van der Waals surface area contributed by atoms with E-state index in [1.807, 2.05) is 72.8 Å². The number of ether oxygens (including phenoxy) is 9. The predicted octanol–water partition coefficient (Wildman–Crippen LogP) is 14.0.